The Balaban J connectivity index is 2.68. The van der Waals surface area contributed by atoms with Crippen LogP contribution in [0.5, 0.6) is 0 Å². The van der Waals surface area contributed by atoms with Crippen LogP contribution in [-0.2, 0) is 4.74 Å². The van der Waals surface area contributed by atoms with Crippen molar-refractivity contribution in [1.82, 2.24) is 4.90 Å². The second-order valence-electron chi connectivity index (χ2n) is 5.37. The van der Waals surface area contributed by atoms with E-state index < -0.39 is 0 Å². The Morgan fingerprint density at radius 2 is 2.05 bits per heavy atom. The zero-order chi connectivity index (χ0) is 14.4. The average Bonchev–Trinajstić information content (AvgIpc) is 2.75. The van der Waals surface area contributed by atoms with Gasteiger partial charge in [0.2, 0.25) is 0 Å². The second-order valence-corrected chi connectivity index (χ2v) is 6.68. The van der Waals surface area contributed by atoms with E-state index in [9.17, 15) is 0 Å². The van der Waals surface area contributed by atoms with E-state index in [1.54, 1.807) is 0 Å². The number of likely N-dealkylation sites (N-methyl/N-ethyl adjacent to an activating group) is 1. The summed E-state index contributed by atoms with van der Waals surface area (Å²) in [6, 6.07) is 4.84. The minimum atomic E-state index is 0.169. The van der Waals surface area contributed by atoms with E-state index in [2.05, 4.69) is 51.8 Å². The van der Waals surface area contributed by atoms with Crippen molar-refractivity contribution >= 4 is 11.3 Å². The molecular weight excluding hydrogens is 256 g/mol. The van der Waals surface area contributed by atoms with Gasteiger partial charge in [-0.25, -0.2) is 0 Å². The van der Waals surface area contributed by atoms with Gasteiger partial charge >= 0.3 is 0 Å². The predicted octanol–water partition coefficient (Wildman–Crippen LogP) is 3.19. The van der Waals surface area contributed by atoms with Crippen molar-refractivity contribution in [2.75, 3.05) is 20.2 Å². The van der Waals surface area contributed by atoms with Crippen LogP contribution in [0.25, 0.3) is 0 Å². The van der Waals surface area contributed by atoms with Gasteiger partial charge in [0.15, 0.2) is 0 Å². The fourth-order valence-corrected chi connectivity index (χ4v) is 3.28. The normalized spacial score (nSPS) is 15.2. The smallest absolute Gasteiger partial charge is 0.0597 e. The SMILES string of the molecule is CCC(N)C(c1ccc(C)s1)N(C)CCOC(C)C. The van der Waals surface area contributed by atoms with Gasteiger partial charge in [0.05, 0.1) is 18.8 Å². The summed E-state index contributed by atoms with van der Waals surface area (Å²) in [6.45, 7) is 10.1. The van der Waals surface area contributed by atoms with E-state index in [-0.39, 0.29) is 12.1 Å². The molecule has 0 spiro atoms. The molecule has 110 valence electrons. The summed E-state index contributed by atoms with van der Waals surface area (Å²) in [5, 5.41) is 0. The highest BCUT2D eigenvalue weighted by atomic mass is 32.1. The van der Waals surface area contributed by atoms with Crippen LogP contribution in [0.4, 0.5) is 0 Å². The largest absolute Gasteiger partial charge is 0.377 e. The Bertz CT molecular complexity index is 365. The molecule has 1 rings (SSSR count). The van der Waals surface area contributed by atoms with Crippen LogP contribution in [0.2, 0.25) is 0 Å². The van der Waals surface area contributed by atoms with Crippen LogP contribution < -0.4 is 5.73 Å². The second kappa shape index (κ2) is 8.00. The molecule has 1 heterocycles. The van der Waals surface area contributed by atoms with E-state index >= 15 is 0 Å². The summed E-state index contributed by atoms with van der Waals surface area (Å²) in [5.74, 6) is 0. The van der Waals surface area contributed by atoms with Gasteiger partial charge in [-0.3, -0.25) is 4.90 Å². The third-order valence-electron chi connectivity index (χ3n) is 3.30. The number of hydrogen-bond acceptors (Lipinski definition) is 4. The van der Waals surface area contributed by atoms with Gasteiger partial charge in [-0.2, -0.15) is 0 Å². The molecule has 0 aromatic carbocycles. The molecular formula is C15H28N2OS. The summed E-state index contributed by atoms with van der Waals surface area (Å²) in [7, 11) is 2.14. The van der Waals surface area contributed by atoms with E-state index in [1.807, 2.05) is 11.3 Å². The molecule has 0 amide bonds. The van der Waals surface area contributed by atoms with Crippen molar-refractivity contribution < 1.29 is 4.74 Å². The number of rotatable bonds is 8. The molecule has 3 nitrogen and oxygen atoms in total. The lowest BCUT2D eigenvalue weighted by Crippen LogP contribution is -2.40. The van der Waals surface area contributed by atoms with Gasteiger partial charge < -0.3 is 10.5 Å². The van der Waals surface area contributed by atoms with Crippen molar-refractivity contribution in [1.29, 1.82) is 0 Å². The minimum Gasteiger partial charge on any atom is -0.377 e. The lowest BCUT2D eigenvalue weighted by atomic mass is 10.0. The number of nitrogens with zero attached hydrogens (tertiary/aromatic N) is 1. The van der Waals surface area contributed by atoms with Crippen LogP contribution in [0.3, 0.4) is 0 Å². The molecule has 4 heteroatoms. The van der Waals surface area contributed by atoms with E-state index in [4.69, 9.17) is 10.5 Å². The first-order valence-electron chi connectivity index (χ1n) is 7.09. The summed E-state index contributed by atoms with van der Waals surface area (Å²) < 4.78 is 5.64. The molecule has 0 aliphatic carbocycles. The molecule has 0 radical (unpaired) electrons. The van der Waals surface area contributed by atoms with E-state index in [0.29, 0.717) is 6.04 Å². The highest BCUT2D eigenvalue weighted by Gasteiger charge is 2.24. The molecule has 2 unspecified atom stereocenters. The average molecular weight is 284 g/mol. The molecule has 0 aliphatic rings. The first-order chi connectivity index (χ1) is 8.95. The fraction of sp³-hybridized carbons (Fsp3) is 0.733. The first kappa shape index (κ1) is 16.6. The van der Waals surface area contributed by atoms with Gasteiger partial charge in [0, 0.05) is 22.3 Å². The number of thiophene rings is 1. The first-order valence-corrected chi connectivity index (χ1v) is 7.91. The van der Waals surface area contributed by atoms with Gasteiger partial charge in [-0.15, -0.1) is 11.3 Å². The number of nitrogens with two attached hydrogens (primary N) is 1. The standard InChI is InChI=1S/C15H28N2OS/c1-6-13(16)15(14-8-7-12(4)19-14)17(5)9-10-18-11(2)3/h7-8,11,13,15H,6,9-10,16H2,1-5H3. The topological polar surface area (TPSA) is 38.5 Å². The Hall–Kier alpha value is -0.420. The fourth-order valence-electron chi connectivity index (χ4n) is 2.16. The highest BCUT2D eigenvalue weighted by molar-refractivity contribution is 7.12. The molecule has 0 saturated carbocycles. The molecule has 0 aliphatic heterocycles. The van der Waals surface area contributed by atoms with Gasteiger partial charge in [0.25, 0.3) is 0 Å². The predicted molar refractivity (Wildman–Crippen MR) is 83.8 cm³/mol. The Kier molecular flexibility index (Phi) is 7.00. The van der Waals surface area contributed by atoms with Crippen LogP contribution in [0.15, 0.2) is 12.1 Å². The van der Waals surface area contributed by atoms with Crippen molar-refractivity contribution in [2.24, 2.45) is 5.73 Å². The summed E-state index contributed by atoms with van der Waals surface area (Å²) in [4.78, 5) is 5.02. The monoisotopic (exact) mass is 284 g/mol. The highest BCUT2D eigenvalue weighted by Crippen LogP contribution is 2.29. The number of hydrogen-bond donors (Lipinski definition) is 1. The van der Waals surface area contributed by atoms with Crippen molar-refractivity contribution in [3.63, 3.8) is 0 Å². The molecule has 1 aromatic rings. The van der Waals surface area contributed by atoms with Crippen LogP contribution >= 0.6 is 11.3 Å². The molecule has 0 saturated heterocycles. The maximum atomic E-state index is 6.32. The quantitative estimate of drug-likeness (QED) is 0.797. The third kappa shape index (κ3) is 5.22. The van der Waals surface area contributed by atoms with Gasteiger partial charge in [-0.1, -0.05) is 6.92 Å². The summed E-state index contributed by atoms with van der Waals surface area (Å²) in [6.07, 6.45) is 1.27. The molecule has 2 N–H and O–H groups in total. The van der Waals surface area contributed by atoms with Crippen LogP contribution in [0, 0.1) is 6.92 Å². The maximum absolute atomic E-state index is 6.32. The molecule has 0 fully saturated rings. The third-order valence-corrected chi connectivity index (χ3v) is 4.37. The van der Waals surface area contributed by atoms with Crippen molar-refractivity contribution in [2.45, 2.75) is 52.3 Å². The zero-order valence-electron chi connectivity index (χ0n) is 12.8. The summed E-state index contributed by atoms with van der Waals surface area (Å²) in [5.41, 5.74) is 6.32. The van der Waals surface area contributed by atoms with E-state index in [1.165, 1.54) is 9.75 Å². The zero-order valence-corrected chi connectivity index (χ0v) is 13.7. The minimum absolute atomic E-state index is 0.169. The Morgan fingerprint density at radius 3 is 2.53 bits per heavy atom. The molecule has 19 heavy (non-hydrogen) atoms. The lowest BCUT2D eigenvalue weighted by molar-refractivity contribution is 0.0531. The van der Waals surface area contributed by atoms with E-state index in [0.717, 1.165) is 19.6 Å². The Labute approximate surface area is 121 Å². The molecule has 1 aromatic heterocycles. The van der Waals surface area contributed by atoms with Crippen LogP contribution in [0.1, 0.15) is 43.0 Å². The van der Waals surface area contributed by atoms with Crippen molar-refractivity contribution in [3.8, 4) is 0 Å². The van der Waals surface area contributed by atoms with Crippen molar-refractivity contribution in [3.05, 3.63) is 21.9 Å². The van der Waals surface area contributed by atoms with Crippen LogP contribution in [-0.4, -0.2) is 37.2 Å². The summed E-state index contributed by atoms with van der Waals surface area (Å²) >= 11 is 1.85. The Morgan fingerprint density at radius 1 is 1.37 bits per heavy atom. The number of ether oxygens (including phenoxy) is 1. The number of aryl methyl sites for hydroxylation is 1. The maximum Gasteiger partial charge on any atom is 0.0597 e. The molecule has 0 bridgehead atoms. The molecule has 2 atom stereocenters. The lowest BCUT2D eigenvalue weighted by Gasteiger charge is -2.31. The van der Waals surface area contributed by atoms with Gasteiger partial charge in [-0.05, 0) is 46.4 Å². The van der Waals surface area contributed by atoms with Gasteiger partial charge in [0.1, 0.15) is 0 Å².